The van der Waals surface area contributed by atoms with Crippen molar-refractivity contribution in [3.05, 3.63) is 114 Å². The normalized spacial score (nSPS) is 13.2. The summed E-state index contributed by atoms with van der Waals surface area (Å²) in [5.41, 5.74) is 7.67. The monoisotopic (exact) mass is 778 g/mol. The Bertz CT molecular complexity index is 1890. The van der Waals surface area contributed by atoms with Gasteiger partial charge in [0.05, 0.1) is 8.07 Å². The summed E-state index contributed by atoms with van der Waals surface area (Å²) in [7, 11) is -1.27. The van der Waals surface area contributed by atoms with Gasteiger partial charge in [-0.25, -0.2) is 0 Å². The molecule has 0 amide bonds. The number of hydrogen-bond donors (Lipinski definition) is 0. The number of aromatic nitrogens is 2. The van der Waals surface area contributed by atoms with Crippen molar-refractivity contribution >= 4 is 44.8 Å². The van der Waals surface area contributed by atoms with E-state index in [1.165, 1.54) is 36.5 Å². The standard InChI is InChI=1S/C23H22NS.C15H18NSi.Ir/c1-14(2)16(4)17-11-12-24-20(13-17)18-8-6-9-19-22-15(3)7-5-10-21(22)25-23(18)19;1-12-10-14(13-8-6-5-7-9-13)16-11-15(12)17(2,3)4;/h5-7,9-14,16H,1-4H3;5-8,10-11H,1-4H3;/q2*-1;/i16D;;. The molecule has 0 aliphatic rings. The summed E-state index contributed by atoms with van der Waals surface area (Å²) < 4.78 is 11.2. The molecule has 223 valence electrons. The predicted molar refractivity (Wildman–Crippen MR) is 186 cm³/mol. The average molecular weight is 778 g/mol. The van der Waals surface area contributed by atoms with Crippen molar-refractivity contribution in [1.82, 2.24) is 9.97 Å². The second-order valence-electron chi connectivity index (χ2n) is 12.3. The van der Waals surface area contributed by atoms with Crippen LogP contribution in [0.3, 0.4) is 0 Å². The Kier molecular flexibility index (Phi) is 10.1. The number of fused-ring (bicyclic) bond motifs is 3. The number of pyridine rings is 2. The average Bonchev–Trinajstić information content (AvgIpc) is 3.37. The quantitative estimate of drug-likeness (QED) is 0.129. The Morgan fingerprint density at radius 3 is 2.30 bits per heavy atom. The molecule has 0 N–H and O–H groups in total. The van der Waals surface area contributed by atoms with E-state index in [2.05, 4.69) is 118 Å². The third-order valence-corrected chi connectivity index (χ3v) is 11.2. The van der Waals surface area contributed by atoms with Crippen LogP contribution in [0.25, 0.3) is 42.7 Å². The number of hydrogen-bond acceptors (Lipinski definition) is 3. The van der Waals surface area contributed by atoms with Crippen LogP contribution in [-0.2, 0) is 20.1 Å². The first-order valence-electron chi connectivity index (χ1n) is 15.1. The number of thiophene rings is 1. The minimum absolute atomic E-state index is 0. The van der Waals surface area contributed by atoms with Crippen LogP contribution in [0, 0.1) is 31.9 Å². The van der Waals surface area contributed by atoms with Crippen LogP contribution in [0.1, 0.15) is 44.7 Å². The Hall–Kier alpha value is -2.95. The molecular formula is C38H40IrN2SSi-2. The van der Waals surface area contributed by atoms with Crippen LogP contribution >= 0.6 is 11.3 Å². The minimum Gasteiger partial charge on any atom is -0.305 e. The first kappa shape index (κ1) is 31.5. The molecule has 1 radical (unpaired) electrons. The van der Waals surface area contributed by atoms with Crippen molar-refractivity contribution in [3.63, 3.8) is 0 Å². The van der Waals surface area contributed by atoms with Gasteiger partial charge in [-0.15, -0.1) is 59.7 Å². The zero-order valence-electron chi connectivity index (χ0n) is 27.3. The second-order valence-corrected chi connectivity index (χ2v) is 18.4. The molecular weight excluding hydrogens is 737 g/mol. The predicted octanol–water partition coefficient (Wildman–Crippen LogP) is 10.4. The van der Waals surface area contributed by atoms with Crippen molar-refractivity contribution in [2.45, 2.75) is 60.2 Å². The summed E-state index contributed by atoms with van der Waals surface area (Å²) in [5, 5.41) is 4.03. The third kappa shape index (κ3) is 7.24. The first-order chi connectivity index (χ1) is 20.4. The van der Waals surface area contributed by atoms with Gasteiger partial charge in [-0.05, 0) is 70.0 Å². The van der Waals surface area contributed by atoms with Gasteiger partial charge in [0.2, 0.25) is 0 Å². The van der Waals surface area contributed by atoms with Crippen molar-refractivity contribution in [2.24, 2.45) is 5.92 Å². The molecule has 3 aromatic carbocycles. The zero-order valence-corrected chi connectivity index (χ0v) is 30.5. The van der Waals surface area contributed by atoms with Gasteiger partial charge >= 0.3 is 0 Å². The van der Waals surface area contributed by atoms with Crippen molar-refractivity contribution < 1.29 is 21.5 Å². The summed E-state index contributed by atoms with van der Waals surface area (Å²) in [4.78, 5) is 9.20. The number of benzene rings is 3. The maximum atomic E-state index is 8.72. The van der Waals surface area contributed by atoms with Gasteiger partial charge in [0.15, 0.2) is 0 Å². The molecule has 0 saturated carbocycles. The molecule has 0 aliphatic heterocycles. The molecule has 0 fully saturated rings. The molecule has 0 aliphatic carbocycles. The minimum atomic E-state index is -1.27. The van der Waals surface area contributed by atoms with Crippen molar-refractivity contribution in [1.29, 1.82) is 0 Å². The van der Waals surface area contributed by atoms with Crippen molar-refractivity contribution in [3.8, 4) is 22.5 Å². The topological polar surface area (TPSA) is 25.8 Å². The van der Waals surface area contributed by atoms with Gasteiger partial charge in [-0.2, -0.15) is 11.3 Å². The maximum Gasteiger partial charge on any atom is 0.0798 e. The van der Waals surface area contributed by atoms with Gasteiger partial charge in [0, 0.05) is 38.6 Å². The van der Waals surface area contributed by atoms with Crippen LogP contribution in [0.15, 0.2) is 85.2 Å². The van der Waals surface area contributed by atoms with E-state index in [1.807, 2.05) is 43.5 Å². The molecule has 2 nitrogen and oxygen atoms in total. The molecule has 6 rings (SSSR count). The number of nitrogens with zero attached hydrogens (tertiary/aromatic N) is 2. The SMILES string of the molecule is Cc1cc(-c2[c-]cccc2)ncc1[Si](C)(C)C.[2H]C(C)(c1ccnc(-c2[c-]ccc3c2sc2cccc(C)c23)c1)C(C)C.[Ir]. The van der Waals surface area contributed by atoms with Crippen LogP contribution in [0.5, 0.6) is 0 Å². The van der Waals surface area contributed by atoms with E-state index in [0.717, 1.165) is 28.1 Å². The van der Waals surface area contributed by atoms with E-state index in [9.17, 15) is 0 Å². The number of aryl methyl sites for hydroxylation is 2. The number of rotatable bonds is 5. The first-order valence-corrected chi connectivity index (χ1v) is 18.9. The fourth-order valence-electron chi connectivity index (χ4n) is 5.35. The Morgan fingerprint density at radius 2 is 1.63 bits per heavy atom. The molecule has 0 bridgehead atoms. The van der Waals surface area contributed by atoms with Gasteiger partial charge < -0.3 is 9.97 Å². The second kappa shape index (κ2) is 13.8. The van der Waals surface area contributed by atoms with E-state index >= 15 is 0 Å². The van der Waals surface area contributed by atoms with E-state index in [-0.39, 0.29) is 26.0 Å². The van der Waals surface area contributed by atoms with E-state index < -0.39 is 14.0 Å². The zero-order chi connectivity index (χ0) is 30.9. The summed E-state index contributed by atoms with van der Waals surface area (Å²) in [5.74, 6) is -0.410. The molecule has 43 heavy (non-hydrogen) atoms. The molecule has 1 atom stereocenters. The van der Waals surface area contributed by atoms with Crippen LogP contribution in [0.4, 0.5) is 0 Å². The molecule has 0 saturated heterocycles. The fourth-order valence-corrected chi connectivity index (χ4v) is 8.34. The molecule has 0 spiro atoms. The molecule has 5 heteroatoms. The van der Waals surface area contributed by atoms with E-state index in [1.54, 1.807) is 11.3 Å². The van der Waals surface area contributed by atoms with Crippen LogP contribution in [0.2, 0.25) is 19.6 Å². The van der Waals surface area contributed by atoms with Crippen molar-refractivity contribution in [2.75, 3.05) is 0 Å². The summed E-state index contributed by atoms with van der Waals surface area (Å²) in [6.07, 6.45) is 3.88. The smallest absolute Gasteiger partial charge is 0.0798 e. The Balaban J connectivity index is 0.000000214. The summed E-state index contributed by atoms with van der Waals surface area (Å²) >= 11 is 1.80. The molecule has 3 aromatic heterocycles. The van der Waals surface area contributed by atoms with Crippen LogP contribution < -0.4 is 5.19 Å². The fraction of sp³-hybridized carbons (Fsp3) is 0.263. The third-order valence-electron chi connectivity index (χ3n) is 7.91. The van der Waals surface area contributed by atoms with Gasteiger partial charge in [0.1, 0.15) is 0 Å². The largest absolute Gasteiger partial charge is 0.305 e. The summed E-state index contributed by atoms with van der Waals surface area (Å²) in [6.45, 7) is 17.6. The van der Waals surface area contributed by atoms with Gasteiger partial charge in [-0.1, -0.05) is 81.2 Å². The Labute approximate surface area is 277 Å². The maximum absolute atomic E-state index is 8.72. The molecule has 3 heterocycles. The van der Waals surface area contributed by atoms with Crippen LogP contribution in [-0.4, -0.2) is 18.0 Å². The molecule has 1 unspecified atom stereocenters. The van der Waals surface area contributed by atoms with Gasteiger partial charge in [-0.3, -0.25) is 0 Å². The van der Waals surface area contributed by atoms with E-state index in [4.69, 9.17) is 1.37 Å². The molecule has 6 aromatic rings. The van der Waals surface area contributed by atoms with Gasteiger partial charge in [0.25, 0.3) is 0 Å². The summed E-state index contributed by atoms with van der Waals surface area (Å²) in [6, 6.07) is 31.4. The Morgan fingerprint density at radius 1 is 0.837 bits per heavy atom. The van der Waals surface area contributed by atoms with E-state index in [0.29, 0.717) is 0 Å².